The van der Waals surface area contributed by atoms with Crippen LogP contribution >= 0.6 is 11.8 Å². The molecule has 1 N–H and O–H groups in total. The van der Waals surface area contributed by atoms with E-state index in [2.05, 4.69) is 10.3 Å². The van der Waals surface area contributed by atoms with Crippen LogP contribution in [0.3, 0.4) is 0 Å². The second kappa shape index (κ2) is 4.99. The van der Waals surface area contributed by atoms with Crippen LogP contribution in [0.1, 0.15) is 10.4 Å². The maximum absolute atomic E-state index is 11.5. The summed E-state index contributed by atoms with van der Waals surface area (Å²) in [5.74, 6) is 0.0833. The molecule has 0 unspecified atom stereocenters. The Bertz CT molecular complexity index is 301. The Kier molecular flexibility index (Phi) is 3.92. The van der Waals surface area contributed by atoms with Crippen LogP contribution in [-0.2, 0) is 0 Å². The van der Waals surface area contributed by atoms with E-state index in [4.69, 9.17) is 0 Å². The van der Waals surface area contributed by atoms with Crippen LogP contribution in [0.15, 0.2) is 23.4 Å². The van der Waals surface area contributed by atoms with Gasteiger partial charge in [-0.3, -0.25) is 4.79 Å². The molecule has 0 aliphatic heterocycles. The van der Waals surface area contributed by atoms with E-state index in [0.717, 1.165) is 5.03 Å². The number of hydrogen-bond donors (Lipinski definition) is 1. The lowest BCUT2D eigenvalue weighted by atomic mass is 10.2. The fourth-order valence-electron chi connectivity index (χ4n) is 1.02. The number of aromatic nitrogens is 1. The van der Waals surface area contributed by atoms with Gasteiger partial charge in [-0.1, -0.05) is 0 Å². The van der Waals surface area contributed by atoms with Crippen LogP contribution in [0, 0.1) is 0 Å². The van der Waals surface area contributed by atoms with Crippen molar-refractivity contribution in [2.45, 2.75) is 5.03 Å². The van der Waals surface area contributed by atoms with Crippen LogP contribution in [0.4, 0.5) is 0 Å². The molecule has 0 spiro atoms. The molecule has 0 fully saturated rings. The largest absolute Gasteiger partial charge is 0.313 e. The second-order valence-corrected chi connectivity index (χ2v) is 3.31. The number of hydrogen-bond acceptors (Lipinski definition) is 4. The van der Waals surface area contributed by atoms with Gasteiger partial charge in [-0.15, -0.1) is 11.8 Å². The zero-order chi connectivity index (χ0) is 9.68. The molecule has 0 atom stereocenters. The van der Waals surface area contributed by atoms with Gasteiger partial charge in [0.1, 0.15) is 5.03 Å². The van der Waals surface area contributed by atoms with Gasteiger partial charge in [0.2, 0.25) is 0 Å². The quantitative estimate of drug-likeness (QED) is 0.580. The minimum Gasteiger partial charge on any atom is -0.313 e. The van der Waals surface area contributed by atoms with E-state index in [0.29, 0.717) is 12.1 Å². The van der Waals surface area contributed by atoms with E-state index < -0.39 is 0 Å². The third kappa shape index (κ3) is 2.54. The average molecular weight is 196 g/mol. The summed E-state index contributed by atoms with van der Waals surface area (Å²) >= 11 is 1.49. The molecule has 1 heterocycles. The number of carbonyl (C=O) groups is 1. The monoisotopic (exact) mass is 196 g/mol. The molecule has 3 nitrogen and oxygen atoms in total. The number of pyridine rings is 1. The number of rotatable bonds is 4. The molecule has 13 heavy (non-hydrogen) atoms. The number of ketones is 1. The van der Waals surface area contributed by atoms with E-state index in [9.17, 15) is 4.79 Å². The molecule has 0 aliphatic carbocycles. The van der Waals surface area contributed by atoms with Crippen molar-refractivity contribution in [1.29, 1.82) is 0 Å². The van der Waals surface area contributed by atoms with Crippen LogP contribution in [0.25, 0.3) is 0 Å². The first kappa shape index (κ1) is 10.2. The van der Waals surface area contributed by atoms with Gasteiger partial charge in [-0.2, -0.15) is 0 Å². The first-order chi connectivity index (χ1) is 6.29. The zero-order valence-corrected chi connectivity index (χ0v) is 8.52. The predicted octanol–water partition coefficient (Wildman–Crippen LogP) is 1.21. The van der Waals surface area contributed by atoms with E-state index in [1.165, 1.54) is 11.8 Å². The third-order valence-corrected chi connectivity index (χ3v) is 2.31. The van der Waals surface area contributed by atoms with Crippen LogP contribution in [0.5, 0.6) is 0 Å². The lowest BCUT2D eigenvalue weighted by Gasteiger charge is -2.03. The van der Waals surface area contributed by atoms with Gasteiger partial charge in [-0.25, -0.2) is 4.98 Å². The normalized spacial score (nSPS) is 10.0. The highest BCUT2D eigenvalue weighted by Crippen LogP contribution is 2.16. The number of likely N-dealkylation sites (N-methyl/N-ethyl adjacent to an activating group) is 1. The van der Waals surface area contributed by atoms with Gasteiger partial charge in [0.05, 0.1) is 12.1 Å². The minimum atomic E-state index is 0.0833. The molecule has 0 bridgehead atoms. The Morgan fingerprint density at radius 2 is 2.46 bits per heavy atom. The maximum atomic E-state index is 11.5. The predicted molar refractivity (Wildman–Crippen MR) is 54.3 cm³/mol. The summed E-state index contributed by atoms with van der Waals surface area (Å²) in [6.07, 6.45) is 3.61. The maximum Gasteiger partial charge on any atom is 0.179 e. The standard InChI is InChI=1S/C9H12N2OS/c1-10-6-8(12)7-4-3-5-11-9(7)13-2/h3-5,10H,6H2,1-2H3. The molecule has 1 rings (SSSR count). The molecule has 0 aliphatic rings. The minimum absolute atomic E-state index is 0.0833. The molecule has 0 radical (unpaired) electrons. The summed E-state index contributed by atoms with van der Waals surface area (Å²) in [4.78, 5) is 15.6. The zero-order valence-electron chi connectivity index (χ0n) is 7.70. The molecular weight excluding hydrogens is 184 g/mol. The molecule has 0 saturated carbocycles. The van der Waals surface area contributed by atoms with Gasteiger partial charge in [0.25, 0.3) is 0 Å². The Balaban J connectivity index is 2.92. The fourth-order valence-corrected chi connectivity index (χ4v) is 1.59. The van der Waals surface area contributed by atoms with Gasteiger partial charge in [0, 0.05) is 6.20 Å². The van der Waals surface area contributed by atoms with Crippen molar-refractivity contribution in [2.75, 3.05) is 19.8 Å². The number of thioether (sulfide) groups is 1. The Morgan fingerprint density at radius 1 is 1.69 bits per heavy atom. The topological polar surface area (TPSA) is 42.0 Å². The smallest absolute Gasteiger partial charge is 0.179 e. The Morgan fingerprint density at radius 3 is 3.08 bits per heavy atom. The molecule has 0 aromatic carbocycles. The van der Waals surface area contributed by atoms with Gasteiger partial charge in [-0.05, 0) is 25.4 Å². The Hall–Kier alpha value is -0.870. The van der Waals surface area contributed by atoms with Crippen molar-refractivity contribution < 1.29 is 4.79 Å². The summed E-state index contributed by atoms with van der Waals surface area (Å²) in [5.41, 5.74) is 0.698. The number of nitrogens with zero attached hydrogens (tertiary/aromatic N) is 1. The summed E-state index contributed by atoms with van der Waals surface area (Å²) in [5, 5.41) is 3.62. The molecule has 1 aromatic heterocycles. The van der Waals surface area contributed by atoms with Crippen LogP contribution in [0.2, 0.25) is 0 Å². The van der Waals surface area contributed by atoms with Gasteiger partial charge < -0.3 is 5.32 Å². The van der Waals surface area contributed by atoms with E-state index in [1.54, 1.807) is 25.4 Å². The second-order valence-electron chi connectivity index (χ2n) is 2.51. The lowest BCUT2D eigenvalue weighted by Crippen LogP contribution is -2.19. The molecular formula is C9H12N2OS. The fraction of sp³-hybridized carbons (Fsp3) is 0.333. The molecule has 0 amide bonds. The number of carbonyl (C=O) groups excluding carboxylic acids is 1. The van der Waals surface area contributed by atoms with Crippen molar-refractivity contribution in [3.8, 4) is 0 Å². The van der Waals surface area contributed by atoms with Crippen molar-refractivity contribution in [3.63, 3.8) is 0 Å². The number of Topliss-reactive ketones (excluding diaryl/α,β-unsaturated/α-hetero) is 1. The van der Waals surface area contributed by atoms with Gasteiger partial charge in [0.15, 0.2) is 5.78 Å². The van der Waals surface area contributed by atoms with Crippen molar-refractivity contribution >= 4 is 17.5 Å². The molecule has 1 aromatic rings. The SMILES string of the molecule is CNCC(=O)c1cccnc1SC. The highest BCUT2D eigenvalue weighted by molar-refractivity contribution is 7.98. The highest BCUT2D eigenvalue weighted by Gasteiger charge is 2.09. The average Bonchev–Trinajstić information content (AvgIpc) is 2.18. The summed E-state index contributed by atoms with van der Waals surface area (Å²) in [6, 6.07) is 3.58. The lowest BCUT2D eigenvalue weighted by molar-refractivity contribution is 0.0990. The first-order valence-corrected chi connectivity index (χ1v) is 5.19. The number of nitrogens with one attached hydrogen (secondary N) is 1. The third-order valence-electron chi connectivity index (χ3n) is 1.60. The Labute approximate surface area is 81.9 Å². The van der Waals surface area contributed by atoms with Crippen LogP contribution in [-0.4, -0.2) is 30.6 Å². The molecule has 70 valence electrons. The summed E-state index contributed by atoms with van der Waals surface area (Å²) in [7, 11) is 1.76. The van der Waals surface area contributed by atoms with Crippen LogP contribution < -0.4 is 5.32 Å². The first-order valence-electron chi connectivity index (χ1n) is 3.96. The highest BCUT2D eigenvalue weighted by atomic mass is 32.2. The van der Waals surface area contributed by atoms with E-state index in [1.807, 2.05) is 6.26 Å². The van der Waals surface area contributed by atoms with E-state index >= 15 is 0 Å². The van der Waals surface area contributed by atoms with Crippen molar-refractivity contribution in [3.05, 3.63) is 23.9 Å². The molecule has 4 heteroatoms. The summed E-state index contributed by atoms with van der Waals surface area (Å²) in [6.45, 7) is 0.360. The van der Waals surface area contributed by atoms with Gasteiger partial charge >= 0.3 is 0 Å². The summed E-state index contributed by atoms with van der Waals surface area (Å²) < 4.78 is 0. The van der Waals surface area contributed by atoms with Crippen molar-refractivity contribution in [2.24, 2.45) is 0 Å². The van der Waals surface area contributed by atoms with E-state index in [-0.39, 0.29) is 5.78 Å². The molecule has 0 saturated heterocycles. The van der Waals surface area contributed by atoms with Crippen molar-refractivity contribution in [1.82, 2.24) is 10.3 Å².